The first-order valence-corrected chi connectivity index (χ1v) is 5.38. The molecule has 0 aliphatic heterocycles. The quantitative estimate of drug-likeness (QED) is 0.640. The lowest BCUT2D eigenvalue weighted by Crippen LogP contribution is -2.39. The van der Waals surface area contributed by atoms with E-state index in [1.807, 2.05) is 26.8 Å². The molecule has 0 spiro atoms. The zero-order valence-electron chi connectivity index (χ0n) is 9.92. The van der Waals surface area contributed by atoms with Crippen LogP contribution in [-0.2, 0) is 4.74 Å². The molecule has 2 unspecified atom stereocenters. The van der Waals surface area contributed by atoms with E-state index in [2.05, 4.69) is 13.5 Å². The molecule has 0 aromatic heterocycles. The minimum absolute atomic E-state index is 0.398. The van der Waals surface area contributed by atoms with Crippen LogP contribution in [0.15, 0.2) is 12.7 Å². The van der Waals surface area contributed by atoms with Gasteiger partial charge >= 0.3 is 0 Å². The summed E-state index contributed by atoms with van der Waals surface area (Å²) in [5, 5.41) is 9.89. The van der Waals surface area contributed by atoms with Crippen LogP contribution in [0, 0.1) is 5.92 Å². The molecule has 14 heavy (non-hydrogen) atoms. The van der Waals surface area contributed by atoms with E-state index >= 15 is 0 Å². The second-order valence-electron chi connectivity index (χ2n) is 4.34. The monoisotopic (exact) mass is 200 g/mol. The molecule has 0 aromatic carbocycles. The predicted molar refractivity (Wildman–Crippen MR) is 60.3 cm³/mol. The molecule has 84 valence electrons. The molecule has 0 amide bonds. The van der Waals surface area contributed by atoms with Gasteiger partial charge in [-0.1, -0.05) is 13.0 Å². The van der Waals surface area contributed by atoms with Crippen molar-refractivity contribution in [1.29, 1.82) is 0 Å². The van der Waals surface area contributed by atoms with Crippen molar-refractivity contribution in [3.05, 3.63) is 12.7 Å². The molecular weight excluding hydrogens is 176 g/mol. The van der Waals surface area contributed by atoms with E-state index in [0.717, 1.165) is 12.8 Å². The predicted octanol–water partition coefficient (Wildman–Crippen LogP) is 2.76. The Bertz CT molecular complexity index is 164. The van der Waals surface area contributed by atoms with Crippen LogP contribution in [0.3, 0.4) is 0 Å². The summed E-state index contributed by atoms with van der Waals surface area (Å²) in [4.78, 5) is 0. The average molecular weight is 200 g/mol. The first-order chi connectivity index (χ1) is 6.44. The van der Waals surface area contributed by atoms with Gasteiger partial charge < -0.3 is 9.84 Å². The fourth-order valence-electron chi connectivity index (χ4n) is 1.35. The summed E-state index contributed by atoms with van der Waals surface area (Å²) < 4.78 is 5.48. The molecule has 2 heteroatoms. The summed E-state index contributed by atoms with van der Waals surface area (Å²) in [6, 6.07) is 0. The fourth-order valence-corrected chi connectivity index (χ4v) is 1.35. The van der Waals surface area contributed by atoms with Crippen molar-refractivity contribution in [3.63, 3.8) is 0 Å². The van der Waals surface area contributed by atoms with Crippen LogP contribution in [0.1, 0.15) is 40.5 Å². The van der Waals surface area contributed by atoms with Crippen LogP contribution in [0.4, 0.5) is 0 Å². The van der Waals surface area contributed by atoms with Crippen molar-refractivity contribution in [1.82, 2.24) is 0 Å². The Morgan fingerprint density at radius 1 is 1.43 bits per heavy atom. The first-order valence-electron chi connectivity index (χ1n) is 5.38. The van der Waals surface area contributed by atoms with Gasteiger partial charge in [0.1, 0.15) is 0 Å². The maximum Gasteiger partial charge on any atom is 0.0884 e. The lowest BCUT2D eigenvalue weighted by Gasteiger charge is -2.30. The van der Waals surface area contributed by atoms with Gasteiger partial charge in [0.15, 0.2) is 0 Å². The Labute approximate surface area is 88.0 Å². The first kappa shape index (κ1) is 13.7. The highest BCUT2D eigenvalue weighted by Crippen LogP contribution is 2.20. The minimum atomic E-state index is -0.435. The van der Waals surface area contributed by atoms with Crippen LogP contribution in [-0.4, -0.2) is 23.4 Å². The second-order valence-corrected chi connectivity index (χ2v) is 4.34. The molecule has 0 radical (unpaired) electrons. The van der Waals surface area contributed by atoms with Crippen molar-refractivity contribution in [3.8, 4) is 0 Å². The number of rotatable bonds is 7. The molecule has 0 aliphatic carbocycles. The highest BCUT2D eigenvalue weighted by atomic mass is 16.5. The van der Waals surface area contributed by atoms with Gasteiger partial charge in [0.25, 0.3) is 0 Å². The molecule has 0 aliphatic rings. The van der Waals surface area contributed by atoms with Crippen LogP contribution in [0.25, 0.3) is 0 Å². The molecule has 0 fully saturated rings. The van der Waals surface area contributed by atoms with E-state index in [4.69, 9.17) is 4.74 Å². The normalized spacial score (nSPS) is 16.4. The third-order valence-electron chi connectivity index (χ3n) is 2.62. The van der Waals surface area contributed by atoms with Crippen LogP contribution >= 0.6 is 0 Å². The smallest absolute Gasteiger partial charge is 0.0884 e. The van der Waals surface area contributed by atoms with Gasteiger partial charge in [0.05, 0.1) is 11.7 Å². The third kappa shape index (κ3) is 4.77. The molecule has 0 saturated heterocycles. The largest absolute Gasteiger partial charge is 0.390 e. The average Bonchev–Trinajstić information content (AvgIpc) is 2.13. The van der Waals surface area contributed by atoms with E-state index in [1.54, 1.807) is 0 Å². The SMILES string of the molecule is C=CC(C)CCC(O)C(C)(C)OCC. The molecular formula is C12H24O2. The summed E-state index contributed by atoms with van der Waals surface area (Å²) in [5.41, 5.74) is -0.435. The number of hydrogen-bond acceptors (Lipinski definition) is 2. The van der Waals surface area contributed by atoms with Crippen molar-refractivity contribution in [2.45, 2.75) is 52.2 Å². The zero-order valence-corrected chi connectivity index (χ0v) is 9.92. The highest BCUT2D eigenvalue weighted by molar-refractivity contribution is 4.82. The third-order valence-corrected chi connectivity index (χ3v) is 2.62. The Kier molecular flexibility index (Phi) is 6.05. The molecule has 1 N–H and O–H groups in total. The standard InChI is InChI=1S/C12H24O2/c1-6-10(3)8-9-11(13)12(4,5)14-7-2/h6,10-11,13H,1,7-9H2,2-5H3. The van der Waals surface area contributed by atoms with Crippen molar-refractivity contribution >= 4 is 0 Å². The van der Waals surface area contributed by atoms with E-state index in [0.29, 0.717) is 12.5 Å². The maximum absolute atomic E-state index is 9.89. The van der Waals surface area contributed by atoms with Gasteiger partial charge in [-0.3, -0.25) is 0 Å². The van der Waals surface area contributed by atoms with E-state index in [9.17, 15) is 5.11 Å². The van der Waals surface area contributed by atoms with Gasteiger partial charge in [-0.2, -0.15) is 0 Å². The molecule has 0 bridgehead atoms. The molecule has 0 rings (SSSR count). The fraction of sp³-hybridized carbons (Fsp3) is 0.833. The van der Waals surface area contributed by atoms with Crippen LogP contribution < -0.4 is 0 Å². The maximum atomic E-state index is 9.89. The lowest BCUT2D eigenvalue weighted by molar-refractivity contribution is -0.0996. The molecule has 0 heterocycles. The number of ether oxygens (including phenoxy) is 1. The van der Waals surface area contributed by atoms with Gasteiger partial charge in [0.2, 0.25) is 0 Å². The Hall–Kier alpha value is -0.340. The summed E-state index contributed by atoms with van der Waals surface area (Å²) in [7, 11) is 0. The van der Waals surface area contributed by atoms with Crippen molar-refractivity contribution in [2.75, 3.05) is 6.61 Å². The van der Waals surface area contributed by atoms with E-state index < -0.39 is 11.7 Å². The number of hydrogen-bond donors (Lipinski definition) is 1. The Morgan fingerprint density at radius 3 is 2.43 bits per heavy atom. The molecule has 2 nitrogen and oxygen atoms in total. The van der Waals surface area contributed by atoms with Crippen LogP contribution in [0.2, 0.25) is 0 Å². The molecule has 0 aromatic rings. The van der Waals surface area contributed by atoms with Gasteiger partial charge in [-0.25, -0.2) is 0 Å². The van der Waals surface area contributed by atoms with E-state index in [-0.39, 0.29) is 0 Å². The van der Waals surface area contributed by atoms with Gasteiger partial charge in [-0.15, -0.1) is 6.58 Å². The summed E-state index contributed by atoms with van der Waals surface area (Å²) in [6.07, 6.45) is 3.24. The highest BCUT2D eigenvalue weighted by Gasteiger charge is 2.27. The number of aliphatic hydroxyl groups is 1. The van der Waals surface area contributed by atoms with Crippen LogP contribution in [0.5, 0.6) is 0 Å². The second kappa shape index (κ2) is 6.20. The summed E-state index contributed by atoms with van der Waals surface area (Å²) in [5.74, 6) is 0.460. The number of aliphatic hydroxyl groups excluding tert-OH is 1. The van der Waals surface area contributed by atoms with Crippen molar-refractivity contribution < 1.29 is 9.84 Å². The number of allylic oxidation sites excluding steroid dienone is 1. The van der Waals surface area contributed by atoms with Crippen molar-refractivity contribution in [2.24, 2.45) is 5.92 Å². The summed E-state index contributed by atoms with van der Waals surface area (Å²) in [6.45, 7) is 12.3. The molecule has 2 atom stereocenters. The Balaban J connectivity index is 3.93. The van der Waals surface area contributed by atoms with E-state index in [1.165, 1.54) is 0 Å². The lowest BCUT2D eigenvalue weighted by atomic mass is 9.93. The zero-order chi connectivity index (χ0) is 11.2. The Morgan fingerprint density at radius 2 is 2.00 bits per heavy atom. The van der Waals surface area contributed by atoms with Gasteiger partial charge in [-0.05, 0) is 39.5 Å². The van der Waals surface area contributed by atoms with Gasteiger partial charge in [0, 0.05) is 6.61 Å². The summed E-state index contributed by atoms with van der Waals surface area (Å²) >= 11 is 0. The topological polar surface area (TPSA) is 29.5 Å². The molecule has 0 saturated carbocycles. The minimum Gasteiger partial charge on any atom is -0.390 e.